The zero-order valence-electron chi connectivity index (χ0n) is 16.4. The van der Waals surface area contributed by atoms with E-state index in [2.05, 4.69) is 19.0 Å². The quantitative estimate of drug-likeness (QED) is 0.666. The number of rotatable bonds is 7. The molecule has 27 heavy (non-hydrogen) atoms. The number of carboxylic acid groups (broad SMARTS) is 2. The van der Waals surface area contributed by atoms with Crippen molar-refractivity contribution >= 4 is 11.9 Å². The molecule has 0 saturated heterocycles. The SMILES string of the molecule is COc1cccc([C@@]2(O)CCCC[C@@H]2CN(C)C)c1.O=C(O)CCC(=O)O. The van der Waals surface area contributed by atoms with Gasteiger partial charge in [-0.1, -0.05) is 25.0 Å². The van der Waals surface area contributed by atoms with E-state index in [1.165, 1.54) is 6.42 Å². The molecule has 2 atom stereocenters. The van der Waals surface area contributed by atoms with E-state index in [1.54, 1.807) is 7.11 Å². The molecule has 152 valence electrons. The third-order valence-corrected chi connectivity index (χ3v) is 4.74. The van der Waals surface area contributed by atoms with E-state index in [0.29, 0.717) is 5.92 Å². The maximum Gasteiger partial charge on any atom is 0.303 e. The maximum absolute atomic E-state index is 11.2. The number of benzene rings is 1. The summed E-state index contributed by atoms with van der Waals surface area (Å²) in [6.45, 7) is 0.924. The zero-order valence-corrected chi connectivity index (χ0v) is 16.4. The van der Waals surface area contributed by atoms with Crippen molar-refractivity contribution in [2.45, 2.75) is 44.1 Å². The van der Waals surface area contributed by atoms with E-state index in [1.807, 2.05) is 24.3 Å². The van der Waals surface area contributed by atoms with Crippen molar-refractivity contribution in [2.24, 2.45) is 5.92 Å². The molecule has 0 spiro atoms. The Morgan fingerprint density at radius 3 is 2.33 bits per heavy atom. The molecule has 1 fully saturated rings. The minimum Gasteiger partial charge on any atom is -0.497 e. The monoisotopic (exact) mass is 381 g/mol. The van der Waals surface area contributed by atoms with Gasteiger partial charge in [0.05, 0.1) is 25.6 Å². The number of carboxylic acids is 2. The van der Waals surface area contributed by atoms with Crippen LogP contribution in [0, 0.1) is 5.92 Å². The minimum absolute atomic E-state index is 0.295. The van der Waals surface area contributed by atoms with Crippen LogP contribution in [0.25, 0.3) is 0 Å². The Kier molecular flexibility index (Phi) is 9.25. The Balaban J connectivity index is 0.000000387. The summed E-state index contributed by atoms with van der Waals surface area (Å²) in [6, 6.07) is 7.90. The van der Waals surface area contributed by atoms with Crippen LogP contribution in [0.1, 0.15) is 44.1 Å². The highest BCUT2D eigenvalue weighted by Crippen LogP contribution is 2.42. The minimum atomic E-state index is -1.08. The molecule has 1 aromatic carbocycles. The van der Waals surface area contributed by atoms with E-state index < -0.39 is 17.5 Å². The van der Waals surface area contributed by atoms with Crippen LogP contribution < -0.4 is 4.74 Å². The molecule has 7 heteroatoms. The second kappa shape index (κ2) is 10.9. The van der Waals surface area contributed by atoms with Gasteiger partial charge in [0.25, 0.3) is 0 Å². The molecule has 1 aliphatic rings. The Hall–Kier alpha value is -2.12. The van der Waals surface area contributed by atoms with Crippen LogP contribution in [-0.4, -0.2) is 59.9 Å². The number of aliphatic hydroxyl groups is 1. The van der Waals surface area contributed by atoms with Crippen LogP contribution in [0.2, 0.25) is 0 Å². The van der Waals surface area contributed by atoms with E-state index >= 15 is 0 Å². The highest BCUT2D eigenvalue weighted by atomic mass is 16.5. The molecule has 0 bridgehead atoms. The lowest BCUT2D eigenvalue weighted by molar-refractivity contribution is -0.143. The Morgan fingerprint density at radius 2 is 1.81 bits per heavy atom. The molecular weight excluding hydrogens is 350 g/mol. The van der Waals surface area contributed by atoms with Gasteiger partial charge >= 0.3 is 11.9 Å². The number of hydrogen-bond acceptors (Lipinski definition) is 5. The first-order chi connectivity index (χ1) is 12.7. The van der Waals surface area contributed by atoms with Crippen LogP contribution in [0.4, 0.5) is 0 Å². The lowest BCUT2D eigenvalue weighted by Crippen LogP contribution is -2.43. The first-order valence-corrected chi connectivity index (χ1v) is 9.14. The average molecular weight is 381 g/mol. The third-order valence-electron chi connectivity index (χ3n) is 4.74. The first kappa shape index (κ1) is 22.9. The van der Waals surface area contributed by atoms with Crippen molar-refractivity contribution in [3.63, 3.8) is 0 Å². The average Bonchev–Trinajstić information content (AvgIpc) is 2.62. The number of nitrogens with zero attached hydrogens (tertiary/aromatic N) is 1. The lowest BCUT2D eigenvalue weighted by atomic mass is 9.71. The molecule has 0 amide bonds. The summed E-state index contributed by atoms with van der Waals surface area (Å²) in [5.41, 5.74) is 0.287. The molecule has 3 N–H and O–H groups in total. The van der Waals surface area contributed by atoms with E-state index in [4.69, 9.17) is 14.9 Å². The number of hydrogen-bond donors (Lipinski definition) is 3. The van der Waals surface area contributed by atoms with Gasteiger partial charge in [0.1, 0.15) is 5.75 Å². The van der Waals surface area contributed by atoms with Gasteiger partial charge in [-0.05, 0) is 44.6 Å². The molecule has 1 aromatic rings. The van der Waals surface area contributed by atoms with Gasteiger partial charge in [-0.25, -0.2) is 0 Å². The van der Waals surface area contributed by atoms with Crippen molar-refractivity contribution in [3.8, 4) is 5.75 Å². The Labute approximate surface area is 160 Å². The van der Waals surface area contributed by atoms with Crippen molar-refractivity contribution in [2.75, 3.05) is 27.7 Å². The van der Waals surface area contributed by atoms with Crippen LogP contribution in [-0.2, 0) is 15.2 Å². The van der Waals surface area contributed by atoms with Gasteiger partial charge < -0.3 is 25.0 Å². The summed E-state index contributed by atoms with van der Waals surface area (Å²) in [5.74, 6) is -1.04. The zero-order chi connectivity index (χ0) is 20.4. The topological polar surface area (TPSA) is 107 Å². The van der Waals surface area contributed by atoms with Crippen LogP contribution >= 0.6 is 0 Å². The standard InChI is InChI=1S/C16H25NO2.C4H6O4/c1-17(2)12-14-7-4-5-10-16(14,18)13-8-6-9-15(11-13)19-3;5-3(6)1-2-4(7)8/h6,8-9,11,14,18H,4-5,7,10,12H2,1-3H3;1-2H2,(H,5,6)(H,7,8)/t14-,16+;/m1./s1. The number of aliphatic carboxylic acids is 2. The van der Waals surface area contributed by atoms with Gasteiger partial charge in [0.2, 0.25) is 0 Å². The summed E-state index contributed by atoms with van der Waals surface area (Å²) in [4.78, 5) is 21.4. The summed E-state index contributed by atoms with van der Waals surface area (Å²) in [5, 5.41) is 27.0. The molecule has 1 aliphatic carbocycles. The molecule has 0 unspecified atom stereocenters. The summed E-state index contributed by atoms with van der Waals surface area (Å²) in [7, 11) is 5.81. The van der Waals surface area contributed by atoms with Crippen molar-refractivity contribution in [1.82, 2.24) is 4.90 Å². The van der Waals surface area contributed by atoms with Crippen molar-refractivity contribution in [1.29, 1.82) is 0 Å². The van der Waals surface area contributed by atoms with Gasteiger partial charge in [-0.15, -0.1) is 0 Å². The largest absolute Gasteiger partial charge is 0.497 e. The number of carbonyl (C=O) groups is 2. The van der Waals surface area contributed by atoms with Gasteiger partial charge in [-0.2, -0.15) is 0 Å². The molecule has 0 aromatic heterocycles. The van der Waals surface area contributed by atoms with E-state index in [0.717, 1.165) is 37.1 Å². The van der Waals surface area contributed by atoms with Gasteiger partial charge in [-0.3, -0.25) is 9.59 Å². The highest BCUT2D eigenvalue weighted by molar-refractivity contribution is 5.75. The summed E-state index contributed by atoms with van der Waals surface area (Å²) >= 11 is 0. The van der Waals surface area contributed by atoms with E-state index in [9.17, 15) is 14.7 Å². The fourth-order valence-electron chi connectivity index (χ4n) is 3.40. The van der Waals surface area contributed by atoms with Gasteiger partial charge in [0, 0.05) is 12.5 Å². The number of ether oxygens (including phenoxy) is 1. The van der Waals surface area contributed by atoms with Crippen LogP contribution in [0.5, 0.6) is 5.75 Å². The normalized spacial score (nSPS) is 21.9. The maximum atomic E-state index is 11.2. The van der Waals surface area contributed by atoms with Gasteiger partial charge in [0.15, 0.2) is 0 Å². The smallest absolute Gasteiger partial charge is 0.303 e. The Bertz CT molecular complexity index is 604. The first-order valence-electron chi connectivity index (χ1n) is 9.14. The molecule has 0 radical (unpaired) electrons. The molecule has 1 saturated carbocycles. The predicted octanol–water partition coefficient (Wildman–Crippen LogP) is 2.57. The van der Waals surface area contributed by atoms with Crippen molar-refractivity contribution < 1.29 is 29.6 Å². The molecular formula is C20H31NO6. The lowest BCUT2D eigenvalue weighted by Gasteiger charge is -2.41. The molecule has 7 nitrogen and oxygen atoms in total. The predicted molar refractivity (Wildman–Crippen MR) is 102 cm³/mol. The van der Waals surface area contributed by atoms with Crippen LogP contribution in [0.15, 0.2) is 24.3 Å². The molecule has 0 heterocycles. The second-order valence-electron chi connectivity index (χ2n) is 7.15. The molecule has 2 rings (SSSR count). The second-order valence-corrected chi connectivity index (χ2v) is 7.15. The fraction of sp³-hybridized carbons (Fsp3) is 0.600. The highest BCUT2D eigenvalue weighted by Gasteiger charge is 2.40. The summed E-state index contributed by atoms with van der Waals surface area (Å²) in [6.07, 6.45) is 3.65. The molecule has 0 aliphatic heterocycles. The fourth-order valence-corrected chi connectivity index (χ4v) is 3.40. The van der Waals surface area contributed by atoms with Crippen molar-refractivity contribution in [3.05, 3.63) is 29.8 Å². The van der Waals surface area contributed by atoms with E-state index in [-0.39, 0.29) is 12.8 Å². The number of methoxy groups -OCH3 is 1. The van der Waals surface area contributed by atoms with Crippen LogP contribution in [0.3, 0.4) is 0 Å². The third kappa shape index (κ3) is 7.56. The summed E-state index contributed by atoms with van der Waals surface area (Å²) < 4.78 is 5.29. The Morgan fingerprint density at radius 1 is 1.19 bits per heavy atom.